The summed E-state index contributed by atoms with van der Waals surface area (Å²) in [5.41, 5.74) is -0.201. The molecule has 1 aliphatic rings. The molecule has 3 rings (SSSR count). The fourth-order valence-corrected chi connectivity index (χ4v) is 4.62. The quantitative estimate of drug-likeness (QED) is 0.553. The van der Waals surface area contributed by atoms with E-state index in [2.05, 4.69) is 10.0 Å². The molecule has 0 bridgehead atoms. The zero-order valence-electron chi connectivity index (χ0n) is 18.5. The van der Waals surface area contributed by atoms with Gasteiger partial charge in [-0.3, -0.25) is 4.79 Å². The Morgan fingerprint density at radius 3 is 2.44 bits per heavy atom. The Balaban J connectivity index is 1.57. The summed E-state index contributed by atoms with van der Waals surface area (Å²) in [6.45, 7) is 0.781. The largest absolute Gasteiger partial charge is 0.416 e. The summed E-state index contributed by atoms with van der Waals surface area (Å²) in [5, 5.41) is 3.80. The Bertz CT molecular complexity index is 1100. The third-order valence-electron chi connectivity index (χ3n) is 5.77. The van der Waals surface area contributed by atoms with Gasteiger partial charge in [0.1, 0.15) is 0 Å². The van der Waals surface area contributed by atoms with Crippen LogP contribution in [0.15, 0.2) is 60.0 Å². The normalized spacial score (nSPS) is 16.4. The lowest BCUT2D eigenvalue weighted by Crippen LogP contribution is -2.45. The molecule has 6 nitrogen and oxygen atoms in total. The molecule has 184 valence electrons. The number of benzene rings is 2. The van der Waals surface area contributed by atoms with Crippen molar-refractivity contribution in [2.24, 2.45) is 0 Å². The highest BCUT2D eigenvalue weighted by Gasteiger charge is 2.37. The maximum absolute atomic E-state index is 13.2. The second-order valence-corrected chi connectivity index (χ2v) is 9.80. The van der Waals surface area contributed by atoms with E-state index in [4.69, 9.17) is 4.74 Å². The van der Waals surface area contributed by atoms with Crippen molar-refractivity contribution in [1.29, 1.82) is 0 Å². The molecule has 0 aliphatic carbocycles. The van der Waals surface area contributed by atoms with Gasteiger partial charge in [0.15, 0.2) is 0 Å². The maximum Gasteiger partial charge on any atom is 0.416 e. The van der Waals surface area contributed by atoms with Crippen LogP contribution in [0.25, 0.3) is 6.08 Å². The number of carbonyl (C=O) groups excluding carboxylic acids is 1. The highest BCUT2D eigenvalue weighted by atomic mass is 32.2. The fourth-order valence-electron chi connectivity index (χ4n) is 3.80. The molecule has 0 radical (unpaired) electrons. The average Bonchev–Trinajstić information content (AvgIpc) is 2.82. The number of amides is 1. The van der Waals surface area contributed by atoms with E-state index in [0.29, 0.717) is 31.6 Å². The molecule has 10 heteroatoms. The number of carbonyl (C=O) groups is 1. The van der Waals surface area contributed by atoms with Crippen LogP contribution in [0.4, 0.5) is 13.2 Å². The molecular weight excluding hydrogens is 469 g/mol. The van der Waals surface area contributed by atoms with E-state index < -0.39 is 33.1 Å². The van der Waals surface area contributed by atoms with Gasteiger partial charge in [-0.2, -0.15) is 13.2 Å². The SMILES string of the molecule is O=C(CCNS(=O)(=O)/C=C/c1ccccc1)NCC1(c2cccc(C(F)(F)F)c2)CCOCC1. The van der Waals surface area contributed by atoms with Gasteiger partial charge in [0, 0.05) is 43.5 Å². The van der Waals surface area contributed by atoms with Crippen LogP contribution in [0.2, 0.25) is 0 Å². The van der Waals surface area contributed by atoms with Gasteiger partial charge in [-0.05, 0) is 36.1 Å². The predicted molar refractivity (Wildman–Crippen MR) is 123 cm³/mol. The highest BCUT2D eigenvalue weighted by molar-refractivity contribution is 7.92. The van der Waals surface area contributed by atoms with Gasteiger partial charge in [0.05, 0.1) is 5.56 Å². The van der Waals surface area contributed by atoms with Crippen LogP contribution in [-0.4, -0.2) is 40.6 Å². The standard InChI is InChI=1S/C24H27F3N2O4S/c25-24(26,27)21-8-4-7-20(17-21)23(11-14-33-15-12-23)18-28-22(30)9-13-29-34(31,32)16-10-19-5-2-1-3-6-19/h1-8,10,16-17,29H,9,11-15,18H2,(H,28,30)/b16-10+. The average molecular weight is 497 g/mol. The van der Waals surface area contributed by atoms with Gasteiger partial charge >= 0.3 is 6.18 Å². The molecule has 0 spiro atoms. The third-order valence-corrected chi connectivity index (χ3v) is 6.87. The lowest BCUT2D eigenvalue weighted by atomic mass is 9.73. The minimum absolute atomic E-state index is 0.104. The first-order valence-electron chi connectivity index (χ1n) is 10.8. The van der Waals surface area contributed by atoms with E-state index in [9.17, 15) is 26.4 Å². The predicted octanol–water partition coefficient (Wildman–Crippen LogP) is 3.85. The Labute approximate surface area is 197 Å². The molecule has 0 unspecified atom stereocenters. The molecular formula is C24H27F3N2O4S. The fraction of sp³-hybridized carbons (Fsp3) is 0.375. The maximum atomic E-state index is 13.2. The zero-order chi connectivity index (χ0) is 24.7. The molecule has 2 aromatic carbocycles. The van der Waals surface area contributed by atoms with E-state index in [1.807, 2.05) is 6.07 Å². The van der Waals surface area contributed by atoms with Crippen LogP contribution < -0.4 is 10.0 Å². The first-order chi connectivity index (χ1) is 16.1. The summed E-state index contributed by atoms with van der Waals surface area (Å²) in [6, 6.07) is 14.1. The minimum Gasteiger partial charge on any atom is -0.381 e. The smallest absolute Gasteiger partial charge is 0.381 e. The molecule has 0 atom stereocenters. The summed E-state index contributed by atoms with van der Waals surface area (Å²) in [5.74, 6) is -0.396. The molecule has 1 aliphatic heterocycles. The molecule has 1 heterocycles. The van der Waals surface area contributed by atoms with E-state index in [1.54, 1.807) is 30.3 Å². The van der Waals surface area contributed by atoms with Crippen LogP contribution in [0, 0.1) is 0 Å². The Morgan fingerprint density at radius 1 is 1.06 bits per heavy atom. The highest BCUT2D eigenvalue weighted by Crippen LogP contribution is 2.37. The van der Waals surface area contributed by atoms with E-state index in [0.717, 1.165) is 23.1 Å². The summed E-state index contributed by atoms with van der Waals surface area (Å²) in [4.78, 5) is 12.4. The minimum atomic E-state index is -4.46. The van der Waals surface area contributed by atoms with Crippen LogP contribution in [0.1, 0.15) is 36.0 Å². The van der Waals surface area contributed by atoms with Crippen molar-refractivity contribution in [3.05, 3.63) is 76.7 Å². The second-order valence-electron chi connectivity index (χ2n) is 8.15. The van der Waals surface area contributed by atoms with E-state index in [1.165, 1.54) is 12.1 Å². The van der Waals surface area contributed by atoms with Crippen molar-refractivity contribution in [3.8, 4) is 0 Å². The van der Waals surface area contributed by atoms with Crippen LogP contribution in [-0.2, 0) is 31.1 Å². The van der Waals surface area contributed by atoms with Crippen molar-refractivity contribution in [2.45, 2.75) is 30.9 Å². The van der Waals surface area contributed by atoms with Gasteiger partial charge < -0.3 is 10.1 Å². The molecule has 2 aromatic rings. The number of ether oxygens (including phenoxy) is 1. The number of hydrogen-bond acceptors (Lipinski definition) is 4. The molecule has 1 fully saturated rings. The molecule has 1 saturated heterocycles. The van der Waals surface area contributed by atoms with Crippen LogP contribution >= 0.6 is 0 Å². The van der Waals surface area contributed by atoms with Crippen molar-refractivity contribution in [1.82, 2.24) is 10.0 Å². The Hall–Kier alpha value is -2.69. The van der Waals surface area contributed by atoms with Gasteiger partial charge in [0.2, 0.25) is 15.9 Å². The summed E-state index contributed by atoms with van der Waals surface area (Å²) >= 11 is 0. The van der Waals surface area contributed by atoms with E-state index in [-0.39, 0.29) is 19.5 Å². The van der Waals surface area contributed by atoms with E-state index >= 15 is 0 Å². The lowest BCUT2D eigenvalue weighted by Gasteiger charge is -2.38. The Kier molecular flexibility index (Phi) is 8.51. The summed E-state index contributed by atoms with van der Waals surface area (Å²) in [6.07, 6.45) is -2.19. The van der Waals surface area contributed by atoms with Crippen molar-refractivity contribution < 1.29 is 31.1 Å². The Morgan fingerprint density at radius 2 is 1.76 bits per heavy atom. The number of halogens is 3. The van der Waals surface area contributed by atoms with Gasteiger partial charge in [-0.1, -0.05) is 48.5 Å². The first kappa shape index (κ1) is 25.9. The van der Waals surface area contributed by atoms with Crippen LogP contribution in [0.5, 0.6) is 0 Å². The van der Waals surface area contributed by atoms with Gasteiger partial charge in [-0.15, -0.1) is 0 Å². The summed E-state index contributed by atoms with van der Waals surface area (Å²) < 4.78 is 71.6. The second kappa shape index (κ2) is 11.2. The van der Waals surface area contributed by atoms with Crippen LogP contribution in [0.3, 0.4) is 0 Å². The molecule has 2 N–H and O–H groups in total. The first-order valence-corrected chi connectivity index (χ1v) is 12.4. The monoisotopic (exact) mass is 496 g/mol. The number of alkyl halides is 3. The van der Waals surface area contributed by atoms with Gasteiger partial charge in [0.25, 0.3) is 0 Å². The van der Waals surface area contributed by atoms with Gasteiger partial charge in [-0.25, -0.2) is 13.1 Å². The summed E-state index contributed by atoms with van der Waals surface area (Å²) in [7, 11) is -3.72. The lowest BCUT2D eigenvalue weighted by molar-refractivity contribution is -0.137. The zero-order valence-corrected chi connectivity index (χ0v) is 19.3. The number of rotatable bonds is 9. The molecule has 34 heavy (non-hydrogen) atoms. The number of sulfonamides is 1. The van der Waals surface area contributed by atoms with Crippen molar-refractivity contribution in [2.75, 3.05) is 26.3 Å². The molecule has 1 amide bonds. The third kappa shape index (κ3) is 7.41. The van der Waals surface area contributed by atoms with Crippen molar-refractivity contribution >= 4 is 22.0 Å². The van der Waals surface area contributed by atoms with Crippen molar-refractivity contribution in [3.63, 3.8) is 0 Å². The number of hydrogen-bond donors (Lipinski definition) is 2. The molecule has 0 saturated carbocycles. The number of nitrogens with one attached hydrogen (secondary N) is 2. The molecule has 0 aromatic heterocycles. The topological polar surface area (TPSA) is 84.5 Å².